The largest absolute Gasteiger partial charge is 0.299 e. The summed E-state index contributed by atoms with van der Waals surface area (Å²) in [5, 5.41) is 0.449. The van der Waals surface area contributed by atoms with Gasteiger partial charge in [0.05, 0.1) is 5.92 Å². The van der Waals surface area contributed by atoms with Crippen LogP contribution in [0.1, 0.15) is 97.3 Å². The summed E-state index contributed by atoms with van der Waals surface area (Å²) in [6, 6.07) is 0. The summed E-state index contributed by atoms with van der Waals surface area (Å²) in [4.78, 5) is 11.9. The van der Waals surface area contributed by atoms with Crippen molar-refractivity contribution in [3.05, 3.63) is 0 Å². The summed E-state index contributed by atoms with van der Waals surface area (Å²) in [6.45, 7) is 3.09. The number of unbranched alkanes of at least 4 members (excludes halogenated alkanes) is 10. The number of halogens is 3. The van der Waals surface area contributed by atoms with Gasteiger partial charge in [0.15, 0.2) is 0 Å². The topological polar surface area (TPSA) is 17.1 Å². The highest BCUT2D eigenvalue weighted by Gasteiger charge is 2.38. The molecule has 1 atom stereocenters. The lowest BCUT2D eigenvalue weighted by molar-refractivity contribution is -0.135. The van der Waals surface area contributed by atoms with Crippen LogP contribution in [0.5, 0.6) is 0 Å². The molecule has 0 radical (unpaired) electrons. The number of alkyl halides is 3. The summed E-state index contributed by atoms with van der Waals surface area (Å²) in [7, 11) is 0. The molecule has 0 heterocycles. The Hall–Kier alpha value is 0.01000. The molecule has 0 spiro atoms. The van der Waals surface area contributed by atoms with Crippen molar-refractivity contribution in [3.8, 4) is 0 Å². The monoisotopic (exact) mass is 396 g/mol. The summed E-state index contributed by atoms with van der Waals surface area (Å²) in [6.07, 6.45) is 13.8. The van der Waals surface area contributed by atoms with Crippen molar-refractivity contribution in [1.29, 1.82) is 0 Å². The average molecular weight is 397 g/mol. The van der Waals surface area contributed by atoms with Gasteiger partial charge in [-0.05, 0) is 12.8 Å². The molecular weight excluding hydrogens is 362 g/mol. The van der Waals surface area contributed by atoms with Crippen LogP contribution in [0, 0.1) is 5.92 Å². The third kappa shape index (κ3) is 13.0. The molecular formula is C19H35BrF2O. The van der Waals surface area contributed by atoms with E-state index >= 15 is 0 Å². The van der Waals surface area contributed by atoms with E-state index in [9.17, 15) is 13.6 Å². The first-order valence-electron chi connectivity index (χ1n) is 9.40. The van der Waals surface area contributed by atoms with Crippen molar-refractivity contribution in [2.75, 3.05) is 5.33 Å². The van der Waals surface area contributed by atoms with Crippen LogP contribution in [0.25, 0.3) is 0 Å². The summed E-state index contributed by atoms with van der Waals surface area (Å²) >= 11 is 3.16. The molecule has 0 aromatic heterocycles. The van der Waals surface area contributed by atoms with Crippen LogP contribution < -0.4 is 0 Å². The lowest BCUT2D eigenvalue weighted by Gasteiger charge is -2.21. The molecule has 0 saturated carbocycles. The van der Waals surface area contributed by atoms with Gasteiger partial charge in [0.25, 0.3) is 5.92 Å². The highest BCUT2D eigenvalue weighted by Crippen LogP contribution is 2.29. The van der Waals surface area contributed by atoms with Crippen LogP contribution in [0.3, 0.4) is 0 Å². The number of hydrogen-bond donors (Lipinski definition) is 0. The SMILES string of the molecule is CCCCCCCCCCCCCC(=O)C(CCBr)C(C)(F)F. The standard InChI is InChI=1S/C19H35BrF2O/c1-3-4-5-6-7-8-9-10-11-12-13-14-18(23)17(15-16-20)19(2,21)22/h17H,3-16H2,1-2H3. The average Bonchev–Trinajstić information content (AvgIpc) is 2.48. The Morgan fingerprint density at radius 2 is 1.35 bits per heavy atom. The molecule has 1 nitrogen and oxygen atoms in total. The fourth-order valence-corrected chi connectivity index (χ4v) is 3.40. The zero-order valence-corrected chi connectivity index (χ0v) is 16.6. The van der Waals surface area contributed by atoms with Crippen LogP contribution in [-0.2, 0) is 4.79 Å². The molecule has 0 amide bonds. The quantitative estimate of drug-likeness (QED) is 0.197. The number of carbonyl (C=O) groups excluding carboxylic acids is 1. The Morgan fingerprint density at radius 1 is 0.913 bits per heavy atom. The maximum absolute atomic E-state index is 13.4. The lowest BCUT2D eigenvalue weighted by atomic mass is 9.91. The molecule has 0 rings (SSSR count). The van der Waals surface area contributed by atoms with Gasteiger partial charge in [0, 0.05) is 18.7 Å². The van der Waals surface area contributed by atoms with Gasteiger partial charge in [-0.2, -0.15) is 0 Å². The summed E-state index contributed by atoms with van der Waals surface area (Å²) in [5.41, 5.74) is 0. The Labute approximate surface area is 150 Å². The molecule has 0 aliphatic rings. The van der Waals surface area contributed by atoms with Crippen molar-refractivity contribution in [1.82, 2.24) is 0 Å². The number of ketones is 1. The van der Waals surface area contributed by atoms with E-state index in [1.807, 2.05) is 0 Å². The molecule has 23 heavy (non-hydrogen) atoms. The van der Waals surface area contributed by atoms with Crippen molar-refractivity contribution in [3.63, 3.8) is 0 Å². The van der Waals surface area contributed by atoms with Gasteiger partial charge in [0.1, 0.15) is 5.78 Å². The maximum atomic E-state index is 13.4. The maximum Gasteiger partial charge on any atom is 0.255 e. The lowest BCUT2D eigenvalue weighted by Crippen LogP contribution is -2.32. The molecule has 0 bridgehead atoms. The van der Waals surface area contributed by atoms with Gasteiger partial charge in [-0.25, -0.2) is 8.78 Å². The molecule has 138 valence electrons. The molecule has 4 heteroatoms. The van der Waals surface area contributed by atoms with Gasteiger partial charge in [-0.3, -0.25) is 4.79 Å². The van der Waals surface area contributed by atoms with Crippen LogP contribution in [0.4, 0.5) is 8.78 Å². The van der Waals surface area contributed by atoms with Gasteiger partial charge in [-0.15, -0.1) is 0 Å². The highest BCUT2D eigenvalue weighted by molar-refractivity contribution is 9.09. The van der Waals surface area contributed by atoms with E-state index in [-0.39, 0.29) is 12.2 Å². The Kier molecular flexibility index (Phi) is 14.4. The minimum absolute atomic E-state index is 0.223. The first kappa shape index (κ1) is 23.0. The Bertz CT molecular complexity index is 290. The second kappa shape index (κ2) is 14.4. The number of carbonyl (C=O) groups is 1. The molecule has 0 saturated heterocycles. The minimum atomic E-state index is -2.90. The first-order chi connectivity index (χ1) is 10.9. The smallest absolute Gasteiger partial charge is 0.255 e. The highest BCUT2D eigenvalue weighted by atomic mass is 79.9. The fraction of sp³-hybridized carbons (Fsp3) is 0.947. The fourth-order valence-electron chi connectivity index (χ4n) is 2.94. The third-order valence-electron chi connectivity index (χ3n) is 4.43. The number of rotatable bonds is 16. The summed E-state index contributed by atoms with van der Waals surface area (Å²) < 4.78 is 26.8. The normalized spacial score (nSPS) is 13.3. The zero-order chi connectivity index (χ0) is 17.6. The van der Waals surface area contributed by atoms with Gasteiger partial charge >= 0.3 is 0 Å². The molecule has 0 aliphatic carbocycles. The van der Waals surface area contributed by atoms with Crippen LogP contribution in [-0.4, -0.2) is 17.0 Å². The number of hydrogen-bond acceptors (Lipinski definition) is 1. The van der Waals surface area contributed by atoms with E-state index in [0.717, 1.165) is 26.2 Å². The van der Waals surface area contributed by atoms with Crippen LogP contribution in [0.2, 0.25) is 0 Å². The van der Waals surface area contributed by atoms with Crippen LogP contribution >= 0.6 is 15.9 Å². The van der Waals surface area contributed by atoms with E-state index < -0.39 is 11.8 Å². The molecule has 1 unspecified atom stereocenters. The minimum Gasteiger partial charge on any atom is -0.299 e. The number of Topliss-reactive ketones (excluding diaryl/α,β-unsaturated/α-hetero) is 1. The molecule has 0 N–H and O–H groups in total. The first-order valence-corrected chi connectivity index (χ1v) is 10.5. The predicted molar refractivity (Wildman–Crippen MR) is 98.6 cm³/mol. The molecule has 0 fully saturated rings. The van der Waals surface area contributed by atoms with Crippen molar-refractivity contribution >= 4 is 21.7 Å². The van der Waals surface area contributed by atoms with E-state index in [0.29, 0.717) is 11.8 Å². The van der Waals surface area contributed by atoms with Crippen molar-refractivity contribution in [2.45, 2.75) is 103 Å². The molecule has 0 aromatic carbocycles. The summed E-state index contributed by atoms with van der Waals surface area (Å²) in [5.74, 6) is -4.29. The predicted octanol–water partition coefficient (Wildman–Crippen LogP) is 7.31. The molecule has 0 aromatic rings. The van der Waals surface area contributed by atoms with Crippen molar-refractivity contribution in [2.24, 2.45) is 5.92 Å². The van der Waals surface area contributed by atoms with Gasteiger partial charge in [0.2, 0.25) is 0 Å². The Balaban J connectivity index is 3.58. The van der Waals surface area contributed by atoms with Gasteiger partial charge in [-0.1, -0.05) is 87.1 Å². The van der Waals surface area contributed by atoms with E-state index in [1.54, 1.807) is 0 Å². The molecule has 0 aliphatic heterocycles. The van der Waals surface area contributed by atoms with Gasteiger partial charge < -0.3 is 0 Å². The Morgan fingerprint density at radius 3 is 1.74 bits per heavy atom. The van der Waals surface area contributed by atoms with E-state index in [1.165, 1.54) is 51.4 Å². The third-order valence-corrected chi connectivity index (χ3v) is 4.88. The second-order valence-electron chi connectivity index (χ2n) is 6.74. The van der Waals surface area contributed by atoms with E-state index in [2.05, 4.69) is 22.9 Å². The second-order valence-corrected chi connectivity index (χ2v) is 7.53. The zero-order valence-electron chi connectivity index (χ0n) is 15.0. The van der Waals surface area contributed by atoms with E-state index in [4.69, 9.17) is 0 Å². The van der Waals surface area contributed by atoms with Crippen LogP contribution in [0.15, 0.2) is 0 Å². The van der Waals surface area contributed by atoms with Crippen molar-refractivity contribution < 1.29 is 13.6 Å².